The first-order chi connectivity index (χ1) is 12.6. The molecular weight excluding hydrogens is 414 g/mol. The predicted octanol–water partition coefficient (Wildman–Crippen LogP) is 3.37. The van der Waals surface area contributed by atoms with Crippen LogP contribution >= 0.6 is 45.8 Å². The molecule has 0 aromatic carbocycles. The molecule has 4 rings (SSSR count). The average molecular weight is 426 g/mol. The first-order valence-electron chi connectivity index (χ1n) is 7.42. The van der Waals surface area contributed by atoms with Crippen molar-refractivity contribution < 1.29 is 14.3 Å². The molecule has 0 aliphatic rings. The van der Waals surface area contributed by atoms with Crippen LogP contribution in [0, 0.1) is 0 Å². The van der Waals surface area contributed by atoms with E-state index in [2.05, 4.69) is 20.5 Å². The maximum absolute atomic E-state index is 12.4. The lowest BCUT2D eigenvalue weighted by molar-refractivity contribution is -0.139. The van der Waals surface area contributed by atoms with E-state index in [1.54, 1.807) is 18.3 Å². The first kappa shape index (κ1) is 17.4. The number of nitrogens with zero attached hydrogens (tertiary/aromatic N) is 4. The number of imidazole rings is 1. The van der Waals surface area contributed by atoms with Crippen LogP contribution in [0.25, 0.3) is 15.3 Å². The summed E-state index contributed by atoms with van der Waals surface area (Å²) in [5.74, 6) is -0.397. The molecule has 0 atom stereocenters. The van der Waals surface area contributed by atoms with Gasteiger partial charge in [-0.25, -0.2) is 4.98 Å². The molecule has 0 bridgehead atoms. The van der Waals surface area contributed by atoms with E-state index >= 15 is 0 Å². The molecule has 4 aromatic rings. The molecule has 0 saturated heterocycles. The van der Waals surface area contributed by atoms with Crippen LogP contribution < -0.4 is 5.32 Å². The first-order valence-corrected chi connectivity index (χ1v) is 10.9. The Balaban J connectivity index is 1.43. The summed E-state index contributed by atoms with van der Waals surface area (Å²) in [6.45, 7) is 2.10. The van der Waals surface area contributed by atoms with Crippen LogP contribution in [0.4, 0.5) is 5.13 Å². The number of thioether (sulfide) groups is 1. The van der Waals surface area contributed by atoms with Crippen LogP contribution in [0.1, 0.15) is 16.6 Å². The lowest BCUT2D eigenvalue weighted by atomic mass is 10.4. The van der Waals surface area contributed by atoms with Crippen molar-refractivity contribution in [3.63, 3.8) is 0 Å². The van der Waals surface area contributed by atoms with Crippen LogP contribution in [-0.2, 0) is 9.53 Å². The molecule has 26 heavy (non-hydrogen) atoms. The van der Waals surface area contributed by atoms with Gasteiger partial charge in [0.25, 0.3) is 5.91 Å². The highest BCUT2D eigenvalue weighted by Crippen LogP contribution is 2.30. The number of carbonyl (C=O) groups excluding carboxylic acids is 2. The van der Waals surface area contributed by atoms with Crippen LogP contribution in [0.3, 0.4) is 0 Å². The summed E-state index contributed by atoms with van der Waals surface area (Å²) in [6.07, 6.45) is 1.93. The predicted molar refractivity (Wildman–Crippen MR) is 104 cm³/mol. The van der Waals surface area contributed by atoms with Gasteiger partial charge in [0.2, 0.25) is 5.13 Å². The molecule has 4 heterocycles. The fraction of sp³-hybridized carbons (Fsp3) is 0.214. The van der Waals surface area contributed by atoms with Gasteiger partial charge in [-0.15, -0.1) is 32.9 Å². The molecule has 0 aliphatic heterocycles. The molecule has 1 N–H and O–H groups in total. The number of nitrogens with one attached hydrogen (secondary N) is 1. The smallest absolute Gasteiger partial charge is 0.316 e. The number of amides is 1. The second-order valence-corrected chi connectivity index (χ2v) is 8.99. The highest BCUT2D eigenvalue weighted by atomic mass is 32.2. The maximum Gasteiger partial charge on any atom is 0.316 e. The minimum Gasteiger partial charge on any atom is -0.465 e. The Bertz CT molecular complexity index is 1090. The number of hydrogen-bond donors (Lipinski definition) is 1. The Labute approximate surface area is 163 Å². The fourth-order valence-corrected chi connectivity index (χ4v) is 5.40. The van der Waals surface area contributed by atoms with Crippen molar-refractivity contribution in [1.82, 2.24) is 19.6 Å². The highest BCUT2D eigenvalue weighted by molar-refractivity contribution is 8.01. The third-order valence-electron chi connectivity index (χ3n) is 3.21. The van der Waals surface area contributed by atoms with Gasteiger partial charge in [0.05, 0.1) is 22.8 Å². The summed E-state index contributed by atoms with van der Waals surface area (Å²) < 4.78 is 7.41. The topological polar surface area (TPSA) is 98.5 Å². The lowest BCUT2D eigenvalue weighted by Crippen LogP contribution is -2.09. The van der Waals surface area contributed by atoms with Gasteiger partial charge in [0.15, 0.2) is 9.30 Å². The Hall–Kier alpha value is -2.02. The number of thiazole rings is 1. The van der Waals surface area contributed by atoms with E-state index < -0.39 is 0 Å². The minimum absolute atomic E-state index is 0.162. The molecular formula is C14H11N5O3S4. The largest absolute Gasteiger partial charge is 0.465 e. The fourth-order valence-electron chi connectivity index (χ4n) is 2.16. The molecule has 12 heteroatoms. The zero-order chi connectivity index (χ0) is 18.1. The highest BCUT2D eigenvalue weighted by Gasteiger charge is 2.17. The van der Waals surface area contributed by atoms with Gasteiger partial charge in [0, 0.05) is 11.6 Å². The van der Waals surface area contributed by atoms with Crippen LogP contribution in [-0.4, -0.2) is 43.8 Å². The Morgan fingerprint density at radius 3 is 3.08 bits per heavy atom. The number of rotatable bonds is 6. The number of ether oxygens (including phenoxy) is 1. The van der Waals surface area contributed by atoms with Gasteiger partial charge in [-0.05, 0) is 13.0 Å². The molecule has 8 nitrogen and oxygen atoms in total. The quantitative estimate of drug-likeness (QED) is 0.287. The summed E-state index contributed by atoms with van der Waals surface area (Å²) in [5, 5.41) is 13.0. The summed E-state index contributed by atoms with van der Waals surface area (Å²) in [5.41, 5.74) is 0.916. The van der Waals surface area contributed by atoms with Crippen molar-refractivity contribution in [1.29, 1.82) is 0 Å². The third-order valence-corrected chi connectivity index (χ3v) is 6.93. The van der Waals surface area contributed by atoms with Crippen molar-refractivity contribution in [2.75, 3.05) is 17.7 Å². The van der Waals surface area contributed by atoms with E-state index in [0.29, 0.717) is 21.0 Å². The molecule has 0 spiro atoms. The van der Waals surface area contributed by atoms with Crippen LogP contribution in [0.15, 0.2) is 22.0 Å². The van der Waals surface area contributed by atoms with Crippen molar-refractivity contribution in [2.24, 2.45) is 0 Å². The number of aromatic nitrogens is 4. The second-order valence-electron chi connectivity index (χ2n) is 4.89. The molecule has 0 saturated carbocycles. The zero-order valence-electron chi connectivity index (χ0n) is 13.3. The molecule has 0 aliphatic carbocycles. The van der Waals surface area contributed by atoms with Gasteiger partial charge < -0.3 is 4.74 Å². The zero-order valence-corrected chi connectivity index (χ0v) is 16.6. The maximum atomic E-state index is 12.4. The number of thiophene rings is 1. The van der Waals surface area contributed by atoms with Crippen LogP contribution in [0.5, 0.6) is 0 Å². The van der Waals surface area contributed by atoms with E-state index in [-0.39, 0.29) is 17.6 Å². The number of hydrogen-bond acceptors (Lipinski definition) is 10. The van der Waals surface area contributed by atoms with Gasteiger partial charge in [-0.2, -0.15) is 0 Å². The van der Waals surface area contributed by atoms with Gasteiger partial charge >= 0.3 is 5.97 Å². The molecule has 0 fully saturated rings. The van der Waals surface area contributed by atoms with Crippen molar-refractivity contribution in [3.8, 4) is 0 Å². The molecule has 134 valence electrons. The monoisotopic (exact) mass is 425 g/mol. The van der Waals surface area contributed by atoms with Gasteiger partial charge in [-0.3, -0.25) is 19.3 Å². The van der Waals surface area contributed by atoms with E-state index in [9.17, 15) is 9.59 Å². The normalized spacial score (nSPS) is 11.3. The Kier molecular flexibility index (Phi) is 4.89. The number of esters is 1. The summed E-state index contributed by atoms with van der Waals surface area (Å²) in [6, 6.07) is 1.82. The molecule has 1 amide bonds. The second kappa shape index (κ2) is 7.31. The Morgan fingerprint density at radius 2 is 2.23 bits per heavy atom. The van der Waals surface area contributed by atoms with Crippen molar-refractivity contribution >= 4 is 78.1 Å². The SMILES string of the molecule is CCOC(=O)CSc1nnc(NC(=O)c2cc3c(nc4sccn43)s2)s1. The van der Waals surface area contributed by atoms with E-state index in [0.717, 1.165) is 15.3 Å². The summed E-state index contributed by atoms with van der Waals surface area (Å²) in [4.78, 5) is 30.6. The number of carbonyl (C=O) groups is 2. The van der Waals surface area contributed by atoms with Crippen molar-refractivity contribution in [3.05, 3.63) is 22.5 Å². The van der Waals surface area contributed by atoms with Crippen molar-refractivity contribution in [2.45, 2.75) is 11.3 Å². The molecule has 0 unspecified atom stereocenters. The third kappa shape index (κ3) is 3.45. The summed E-state index contributed by atoms with van der Waals surface area (Å²) >= 11 is 5.33. The van der Waals surface area contributed by atoms with E-state index in [1.165, 1.54) is 34.4 Å². The summed E-state index contributed by atoms with van der Waals surface area (Å²) in [7, 11) is 0. The van der Waals surface area contributed by atoms with E-state index in [4.69, 9.17) is 4.74 Å². The van der Waals surface area contributed by atoms with Crippen LogP contribution in [0.2, 0.25) is 0 Å². The number of fused-ring (bicyclic) bond motifs is 3. The number of anilines is 1. The molecule has 0 radical (unpaired) electrons. The molecule has 4 aromatic heterocycles. The van der Waals surface area contributed by atoms with E-state index in [1.807, 2.05) is 22.0 Å². The standard InChI is InChI=1S/C14H11N5O3S4/c1-2-22-9(20)6-24-14-18-17-12(26-14)15-10(21)8-5-7-11(25-8)16-13-19(7)3-4-23-13/h3-5H,2,6H2,1H3,(H,15,17,21). The lowest BCUT2D eigenvalue weighted by Gasteiger charge is -1.98. The average Bonchev–Trinajstić information content (AvgIpc) is 3.34. The van der Waals surface area contributed by atoms with Gasteiger partial charge in [-0.1, -0.05) is 23.1 Å². The van der Waals surface area contributed by atoms with Gasteiger partial charge in [0.1, 0.15) is 4.83 Å². The Morgan fingerprint density at radius 1 is 1.35 bits per heavy atom. The minimum atomic E-state index is -0.305.